The summed E-state index contributed by atoms with van der Waals surface area (Å²) in [6.07, 6.45) is -2.22. The van der Waals surface area contributed by atoms with Gasteiger partial charge in [0.25, 0.3) is 0 Å². The molecular weight excluding hydrogens is 263 g/mol. The van der Waals surface area contributed by atoms with Gasteiger partial charge in [-0.2, -0.15) is 13.2 Å². The second-order valence-electron chi connectivity index (χ2n) is 2.52. The van der Waals surface area contributed by atoms with Gasteiger partial charge in [0.05, 0.1) is 17.5 Å². The molecule has 0 fully saturated rings. The number of rotatable bonds is 3. The lowest BCUT2D eigenvalue weighted by molar-refractivity contribution is -0.139. The molecular formula is C8H7BrF3NO. The first-order valence-corrected chi connectivity index (χ1v) is 4.57. The van der Waals surface area contributed by atoms with Crippen LogP contribution < -0.4 is 4.74 Å². The van der Waals surface area contributed by atoms with Crippen LogP contribution in [0, 0.1) is 0 Å². The number of halogens is 4. The molecule has 0 saturated heterocycles. The molecule has 14 heavy (non-hydrogen) atoms. The summed E-state index contributed by atoms with van der Waals surface area (Å²) >= 11 is 3.11. The first-order valence-electron chi connectivity index (χ1n) is 3.78. The molecule has 0 aromatic carbocycles. The molecule has 0 radical (unpaired) electrons. The molecule has 1 heterocycles. The Balaban J connectivity index is 2.43. The van der Waals surface area contributed by atoms with Crippen LogP contribution in [0.25, 0.3) is 0 Å². The van der Waals surface area contributed by atoms with Crippen LogP contribution in [-0.2, 0) is 0 Å². The van der Waals surface area contributed by atoms with Crippen LogP contribution >= 0.6 is 15.9 Å². The average molecular weight is 270 g/mol. The van der Waals surface area contributed by atoms with E-state index in [4.69, 9.17) is 4.74 Å². The summed E-state index contributed by atoms with van der Waals surface area (Å²) in [5.74, 6) is 0.365. The summed E-state index contributed by atoms with van der Waals surface area (Å²) in [5, 5.41) is 0. The fourth-order valence-electron chi connectivity index (χ4n) is 0.756. The Labute approximate surface area is 87.2 Å². The molecule has 1 aromatic heterocycles. The van der Waals surface area contributed by atoms with Crippen LogP contribution in [0.1, 0.15) is 6.42 Å². The van der Waals surface area contributed by atoms with Gasteiger partial charge in [0.15, 0.2) is 0 Å². The summed E-state index contributed by atoms with van der Waals surface area (Å²) < 4.78 is 40.7. The largest absolute Gasteiger partial charge is 0.492 e. The normalized spacial score (nSPS) is 11.4. The van der Waals surface area contributed by atoms with Crippen molar-refractivity contribution < 1.29 is 17.9 Å². The van der Waals surface area contributed by atoms with E-state index in [0.717, 1.165) is 0 Å². The lowest BCUT2D eigenvalue weighted by Gasteiger charge is -2.09. The topological polar surface area (TPSA) is 22.1 Å². The van der Waals surface area contributed by atoms with Gasteiger partial charge in [-0.3, -0.25) is 4.98 Å². The van der Waals surface area contributed by atoms with Gasteiger partial charge in [0.1, 0.15) is 5.75 Å². The zero-order chi connectivity index (χ0) is 10.6. The fourth-order valence-corrected chi connectivity index (χ4v) is 1.12. The molecule has 0 atom stereocenters. The first-order chi connectivity index (χ1) is 6.49. The molecule has 0 saturated carbocycles. The predicted molar refractivity (Wildman–Crippen MR) is 48.1 cm³/mol. The molecule has 0 aliphatic rings. The molecule has 0 spiro atoms. The van der Waals surface area contributed by atoms with Crippen molar-refractivity contribution in [1.82, 2.24) is 4.98 Å². The second-order valence-corrected chi connectivity index (χ2v) is 3.37. The highest BCUT2D eigenvalue weighted by Crippen LogP contribution is 2.24. The zero-order valence-corrected chi connectivity index (χ0v) is 8.60. The Morgan fingerprint density at radius 2 is 2.14 bits per heavy atom. The van der Waals surface area contributed by atoms with Crippen LogP contribution in [0.15, 0.2) is 22.9 Å². The van der Waals surface area contributed by atoms with Crippen LogP contribution in [-0.4, -0.2) is 17.8 Å². The fraction of sp³-hybridized carbons (Fsp3) is 0.375. The predicted octanol–water partition coefficient (Wildman–Crippen LogP) is 3.18. The van der Waals surface area contributed by atoms with E-state index >= 15 is 0 Å². The maximum atomic E-state index is 11.8. The van der Waals surface area contributed by atoms with E-state index < -0.39 is 12.6 Å². The number of hydrogen-bond acceptors (Lipinski definition) is 2. The van der Waals surface area contributed by atoms with E-state index in [2.05, 4.69) is 20.9 Å². The highest BCUT2D eigenvalue weighted by atomic mass is 79.9. The number of pyridine rings is 1. The van der Waals surface area contributed by atoms with E-state index in [-0.39, 0.29) is 6.61 Å². The molecule has 0 unspecified atom stereocenters. The third-order valence-electron chi connectivity index (χ3n) is 1.38. The van der Waals surface area contributed by atoms with Crippen LogP contribution in [0.5, 0.6) is 5.75 Å². The standard InChI is InChI=1S/C8H7BrF3NO/c9-6-5-13-3-1-7(6)14-4-2-8(10,11)12/h1,3,5H,2,4H2. The Bertz CT molecular complexity index is 303. The quantitative estimate of drug-likeness (QED) is 0.841. The van der Waals surface area contributed by atoms with Crippen molar-refractivity contribution in [1.29, 1.82) is 0 Å². The smallest absolute Gasteiger partial charge is 0.392 e. The molecule has 1 aromatic rings. The van der Waals surface area contributed by atoms with E-state index in [1.54, 1.807) is 0 Å². The van der Waals surface area contributed by atoms with Gasteiger partial charge >= 0.3 is 6.18 Å². The number of aromatic nitrogens is 1. The molecule has 0 aliphatic heterocycles. The van der Waals surface area contributed by atoms with E-state index in [0.29, 0.717) is 10.2 Å². The lowest BCUT2D eigenvalue weighted by atomic mass is 10.4. The molecule has 1 rings (SSSR count). The summed E-state index contributed by atoms with van der Waals surface area (Å²) in [7, 11) is 0. The summed E-state index contributed by atoms with van der Waals surface area (Å²) in [4.78, 5) is 3.75. The van der Waals surface area contributed by atoms with Crippen molar-refractivity contribution in [3.05, 3.63) is 22.9 Å². The monoisotopic (exact) mass is 269 g/mol. The van der Waals surface area contributed by atoms with Crippen molar-refractivity contribution in [2.45, 2.75) is 12.6 Å². The molecule has 6 heteroatoms. The number of nitrogens with zero attached hydrogens (tertiary/aromatic N) is 1. The molecule has 0 bridgehead atoms. The second kappa shape index (κ2) is 4.63. The van der Waals surface area contributed by atoms with Gasteiger partial charge in [-0.15, -0.1) is 0 Å². The maximum absolute atomic E-state index is 11.8. The minimum absolute atomic E-state index is 0.365. The van der Waals surface area contributed by atoms with Gasteiger partial charge in [-0.05, 0) is 22.0 Å². The third kappa shape index (κ3) is 3.95. The Kier molecular flexibility index (Phi) is 3.74. The van der Waals surface area contributed by atoms with Crippen molar-refractivity contribution in [2.24, 2.45) is 0 Å². The van der Waals surface area contributed by atoms with Crippen LogP contribution in [0.3, 0.4) is 0 Å². The van der Waals surface area contributed by atoms with Gasteiger partial charge in [0.2, 0.25) is 0 Å². The van der Waals surface area contributed by atoms with Gasteiger partial charge in [-0.25, -0.2) is 0 Å². The highest BCUT2D eigenvalue weighted by Gasteiger charge is 2.26. The molecule has 0 amide bonds. The Morgan fingerprint density at radius 1 is 1.43 bits per heavy atom. The molecule has 0 N–H and O–H groups in total. The number of alkyl halides is 3. The van der Waals surface area contributed by atoms with E-state index in [1.807, 2.05) is 0 Å². The van der Waals surface area contributed by atoms with Crippen LogP contribution in [0.4, 0.5) is 13.2 Å². The van der Waals surface area contributed by atoms with Gasteiger partial charge < -0.3 is 4.74 Å². The zero-order valence-electron chi connectivity index (χ0n) is 7.01. The van der Waals surface area contributed by atoms with Crippen molar-refractivity contribution in [3.8, 4) is 5.75 Å². The minimum Gasteiger partial charge on any atom is -0.492 e. The van der Waals surface area contributed by atoms with Crippen LogP contribution in [0.2, 0.25) is 0 Å². The van der Waals surface area contributed by atoms with Gasteiger partial charge in [-0.1, -0.05) is 0 Å². The van der Waals surface area contributed by atoms with E-state index in [9.17, 15) is 13.2 Å². The lowest BCUT2D eigenvalue weighted by Crippen LogP contribution is -2.13. The SMILES string of the molecule is FC(F)(F)CCOc1ccncc1Br. The summed E-state index contributed by atoms with van der Waals surface area (Å²) in [6, 6.07) is 1.50. The minimum atomic E-state index is -4.18. The number of ether oxygens (including phenoxy) is 1. The average Bonchev–Trinajstić information content (AvgIpc) is 2.06. The molecule has 78 valence electrons. The maximum Gasteiger partial charge on any atom is 0.392 e. The molecule has 2 nitrogen and oxygen atoms in total. The summed E-state index contributed by atoms with van der Waals surface area (Å²) in [6.45, 7) is -0.383. The van der Waals surface area contributed by atoms with Crippen molar-refractivity contribution in [2.75, 3.05) is 6.61 Å². The first kappa shape index (κ1) is 11.3. The van der Waals surface area contributed by atoms with Crippen molar-refractivity contribution >= 4 is 15.9 Å². The Morgan fingerprint density at radius 3 is 2.71 bits per heavy atom. The van der Waals surface area contributed by atoms with Gasteiger partial charge in [0, 0.05) is 12.4 Å². The summed E-state index contributed by atoms with van der Waals surface area (Å²) in [5.41, 5.74) is 0. The third-order valence-corrected chi connectivity index (χ3v) is 1.97. The highest BCUT2D eigenvalue weighted by molar-refractivity contribution is 9.10. The Hall–Kier alpha value is -0.780. The molecule has 0 aliphatic carbocycles. The van der Waals surface area contributed by atoms with E-state index in [1.165, 1.54) is 18.5 Å². The number of hydrogen-bond donors (Lipinski definition) is 0. The van der Waals surface area contributed by atoms with Crippen molar-refractivity contribution in [3.63, 3.8) is 0 Å².